The van der Waals surface area contributed by atoms with Crippen molar-refractivity contribution >= 4 is 27.3 Å². The van der Waals surface area contributed by atoms with Crippen molar-refractivity contribution in [1.82, 2.24) is 0 Å². The van der Waals surface area contributed by atoms with E-state index in [1.54, 1.807) is 23.1 Å². The quantitative estimate of drug-likeness (QED) is 0.874. The maximum Gasteiger partial charge on any atom is 0.231 e. The molecule has 0 atom stereocenters. The van der Waals surface area contributed by atoms with Crippen LogP contribution in [0, 0.1) is 0 Å². The fraction of sp³-hybridized carbons (Fsp3) is 0.364. The molecule has 0 aromatic heterocycles. The third-order valence-electron chi connectivity index (χ3n) is 2.63. The normalized spacial score (nSPS) is 14.9. The average Bonchev–Trinajstić information content (AvgIpc) is 2.50. The predicted octanol–water partition coefficient (Wildman–Crippen LogP) is 0.967. The van der Waals surface area contributed by atoms with Gasteiger partial charge in [0.15, 0.2) is 0 Å². The first kappa shape index (κ1) is 11.9. The van der Waals surface area contributed by atoms with Crippen LogP contribution in [-0.2, 0) is 21.2 Å². The van der Waals surface area contributed by atoms with Crippen LogP contribution >= 0.6 is 0 Å². The molecule has 0 radical (unpaired) electrons. The van der Waals surface area contributed by atoms with Gasteiger partial charge in [-0.3, -0.25) is 9.52 Å². The van der Waals surface area contributed by atoms with Crippen LogP contribution < -0.4 is 9.62 Å². The first-order valence-electron chi connectivity index (χ1n) is 5.32. The molecule has 0 aliphatic carbocycles. The molecule has 0 fully saturated rings. The molecule has 1 aliphatic heterocycles. The van der Waals surface area contributed by atoms with Gasteiger partial charge in [-0.05, 0) is 30.7 Å². The molecule has 0 bridgehead atoms. The van der Waals surface area contributed by atoms with Gasteiger partial charge in [-0.25, -0.2) is 8.42 Å². The van der Waals surface area contributed by atoms with E-state index in [1.807, 2.05) is 6.92 Å². The van der Waals surface area contributed by atoms with Gasteiger partial charge in [-0.15, -0.1) is 0 Å². The van der Waals surface area contributed by atoms with E-state index < -0.39 is 10.0 Å². The second kappa shape index (κ2) is 4.03. The Bertz CT molecular complexity index is 566. The van der Waals surface area contributed by atoms with E-state index in [2.05, 4.69) is 4.72 Å². The predicted molar refractivity (Wildman–Crippen MR) is 66.6 cm³/mol. The SMILES string of the molecule is CCN1C(=O)Cc2cc(NS(C)(=O)=O)ccc21. The lowest BCUT2D eigenvalue weighted by Gasteiger charge is -2.14. The van der Waals surface area contributed by atoms with Crippen LogP contribution in [0.2, 0.25) is 0 Å². The Hall–Kier alpha value is -1.56. The molecule has 92 valence electrons. The van der Waals surface area contributed by atoms with E-state index in [-0.39, 0.29) is 5.91 Å². The smallest absolute Gasteiger partial charge is 0.231 e. The fourth-order valence-corrected chi connectivity index (χ4v) is 2.56. The van der Waals surface area contributed by atoms with Gasteiger partial charge in [-0.2, -0.15) is 0 Å². The summed E-state index contributed by atoms with van der Waals surface area (Å²) in [5, 5.41) is 0. The first-order valence-corrected chi connectivity index (χ1v) is 7.21. The van der Waals surface area contributed by atoms with Crippen molar-refractivity contribution in [2.45, 2.75) is 13.3 Å². The number of rotatable bonds is 3. The van der Waals surface area contributed by atoms with Crippen molar-refractivity contribution in [3.63, 3.8) is 0 Å². The Morgan fingerprint density at radius 3 is 2.71 bits per heavy atom. The number of likely N-dealkylation sites (N-methyl/N-ethyl adjacent to an activating group) is 1. The summed E-state index contributed by atoms with van der Waals surface area (Å²) in [7, 11) is -3.28. The summed E-state index contributed by atoms with van der Waals surface area (Å²) in [6.07, 6.45) is 1.44. The van der Waals surface area contributed by atoms with Crippen LogP contribution in [0.25, 0.3) is 0 Å². The Morgan fingerprint density at radius 2 is 2.12 bits per heavy atom. The van der Waals surface area contributed by atoms with E-state index in [0.717, 1.165) is 17.5 Å². The topological polar surface area (TPSA) is 66.5 Å². The van der Waals surface area contributed by atoms with Gasteiger partial charge >= 0.3 is 0 Å². The van der Waals surface area contributed by atoms with E-state index in [9.17, 15) is 13.2 Å². The van der Waals surface area contributed by atoms with Crippen LogP contribution in [0.1, 0.15) is 12.5 Å². The summed E-state index contributed by atoms with van der Waals surface area (Å²) in [4.78, 5) is 13.3. The summed E-state index contributed by atoms with van der Waals surface area (Å²) in [6.45, 7) is 2.54. The van der Waals surface area contributed by atoms with Crippen molar-refractivity contribution < 1.29 is 13.2 Å². The van der Waals surface area contributed by atoms with Gasteiger partial charge in [0, 0.05) is 17.9 Å². The zero-order chi connectivity index (χ0) is 12.6. The molecule has 1 aliphatic rings. The van der Waals surface area contributed by atoms with E-state index in [0.29, 0.717) is 18.7 Å². The maximum absolute atomic E-state index is 11.6. The monoisotopic (exact) mass is 254 g/mol. The number of benzene rings is 1. The number of carbonyl (C=O) groups is 1. The molecule has 1 amide bonds. The summed E-state index contributed by atoms with van der Waals surface area (Å²) in [5.74, 6) is 0.0546. The minimum absolute atomic E-state index is 0.0546. The van der Waals surface area contributed by atoms with Gasteiger partial charge in [-0.1, -0.05) is 0 Å². The first-order chi connectivity index (χ1) is 7.90. The standard InChI is InChI=1S/C11H14N2O3S/c1-3-13-10-5-4-9(12-17(2,15)16)6-8(10)7-11(13)14/h4-6,12H,3,7H2,1-2H3. The largest absolute Gasteiger partial charge is 0.312 e. The van der Waals surface area contributed by atoms with Crippen LogP contribution in [-0.4, -0.2) is 27.1 Å². The maximum atomic E-state index is 11.6. The molecule has 0 unspecified atom stereocenters. The third kappa shape index (κ3) is 2.41. The van der Waals surface area contributed by atoms with Crippen LogP contribution in [0.4, 0.5) is 11.4 Å². The van der Waals surface area contributed by atoms with Gasteiger partial charge in [0.25, 0.3) is 0 Å². The van der Waals surface area contributed by atoms with Gasteiger partial charge in [0.05, 0.1) is 12.7 Å². The summed E-state index contributed by atoms with van der Waals surface area (Å²) in [6, 6.07) is 5.16. The molecular formula is C11H14N2O3S. The van der Waals surface area contributed by atoms with Gasteiger partial charge in [0.1, 0.15) is 0 Å². The van der Waals surface area contributed by atoms with E-state index in [4.69, 9.17) is 0 Å². The molecule has 0 spiro atoms. The molecule has 6 heteroatoms. The van der Waals surface area contributed by atoms with Crippen LogP contribution in [0.15, 0.2) is 18.2 Å². The fourth-order valence-electron chi connectivity index (χ4n) is 2.01. The van der Waals surface area contributed by atoms with Crippen molar-refractivity contribution in [2.24, 2.45) is 0 Å². The minimum Gasteiger partial charge on any atom is -0.312 e. The average molecular weight is 254 g/mol. The molecule has 1 N–H and O–H groups in total. The summed E-state index contributed by atoms with van der Waals surface area (Å²) >= 11 is 0. The third-order valence-corrected chi connectivity index (χ3v) is 3.24. The number of amides is 1. The number of fused-ring (bicyclic) bond motifs is 1. The molecule has 0 saturated heterocycles. The molecule has 1 heterocycles. The molecule has 1 aromatic carbocycles. The highest BCUT2D eigenvalue weighted by atomic mass is 32.2. The van der Waals surface area contributed by atoms with Crippen molar-refractivity contribution in [3.8, 4) is 0 Å². The number of nitrogens with zero attached hydrogens (tertiary/aromatic N) is 1. The zero-order valence-corrected chi connectivity index (χ0v) is 10.5. The zero-order valence-electron chi connectivity index (χ0n) is 9.73. The number of carbonyl (C=O) groups excluding carboxylic acids is 1. The number of hydrogen-bond acceptors (Lipinski definition) is 3. The second-order valence-corrected chi connectivity index (χ2v) is 5.78. The molecule has 17 heavy (non-hydrogen) atoms. The highest BCUT2D eigenvalue weighted by Crippen LogP contribution is 2.31. The Balaban J connectivity index is 2.35. The lowest BCUT2D eigenvalue weighted by Crippen LogP contribution is -2.25. The Kier molecular flexibility index (Phi) is 2.82. The molecular weight excluding hydrogens is 240 g/mol. The second-order valence-electron chi connectivity index (χ2n) is 4.03. The van der Waals surface area contributed by atoms with Gasteiger partial charge < -0.3 is 4.90 Å². The molecule has 5 nitrogen and oxygen atoms in total. The minimum atomic E-state index is -3.28. The lowest BCUT2D eigenvalue weighted by atomic mass is 10.1. The van der Waals surface area contributed by atoms with Crippen molar-refractivity contribution in [3.05, 3.63) is 23.8 Å². The van der Waals surface area contributed by atoms with Gasteiger partial charge in [0.2, 0.25) is 15.9 Å². The summed E-state index contributed by atoms with van der Waals surface area (Å²) < 4.78 is 24.6. The molecule has 0 saturated carbocycles. The molecule has 1 aromatic rings. The van der Waals surface area contributed by atoms with Crippen molar-refractivity contribution in [1.29, 1.82) is 0 Å². The number of sulfonamides is 1. The summed E-state index contributed by atoms with van der Waals surface area (Å²) in [5.41, 5.74) is 2.24. The Morgan fingerprint density at radius 1 is 1.41 bits per heavy atom. The number of nitrogens with one attached hydrogen (secondary N) is 1. The van der Waals surface area contributed by atoms with Crippen molar-refractivity contribution in [2.75, 3.05) is 22.4 Å². The molecule has 2 rings (SSSR count). The van der Waals surface area contributed by atoms with Crippen LogP contribution in [0.3, 0.4) is 0 Å². The van der Waals surface area contributed by atoms with E-state index in [1.165, 1.54) is 0 Å². The van der Waals surface area contributed by atoms with Crippen LogP contribution in [0.5, 0.6) is 0 Å². The Labute approximate surface area is 100 Å². The highest BCUT2D eigenvalue weighted by molar-refractivity contribution is 7.92. The van der Waals surface area contributed by atoms with E-state index >= 15 is 0 Å². The number of anilines is 2. The number of hydrogen-bond donors (Lipinski definition) is 1. The highest BCUT2D eigenvalue weighted by Gasteiger charge is 2.25. The lowest BCUT2D eigenvalue weighted by molar-refractivity contribution is -0.117.